The Morgan fingerprint density at radius 3 is 2.49 bits per heavy atom. The molecule has 1 aromatic heterocycles. The molecular formula is C36H37FN6O4. The summed E-state index contributed by atoms with van der Waals surface area (Å²) in [7, 11) is 0. The number of rotatable bonds is 12. The summed E-state index contributed by atoms with van der Waals surface area (Å²) in [5.41, 5.74) is 3.31. The normalized spacial score (nSPS) is 16.1. The van der Waals surface area contributed by atoms with E-state index in [-0.39, 0.29) is 50.2 Å². The number of phenols is 1. The second-order valence-electron chi connectivity index (χ2n) is 11.2. The minimum Gasteiger partial charge on any atom is -0.508 e. The Morgan fingerprint density at radius 2 is 1.74 bits per heavy atom. The van der Waals surface area contributed by atoms with E-state index in [4.69, 9.17) is 0 Å². The van der Waals surface area contributed by atoms with E-state index in [2.05, 4.69) is 27.5 Å². The maximum absolute atomic E-state index is 14.5. The predicted octanol–water partition coefficient (Wildman–Crippen LogP) is 3.98. The van der Waals surface area contributed by atoms with Crippen molar-refractivity contribution in [3.63, 3.8) is 0 Å². The van der Waals surface area contributed by atoms with E-state index >= 15 is 0 Å². The number of halogens is 1. The van der Waals surface area contributed by atoms with Crippen molar-refractivity contribution in [1.82, 2.24) is 30.7 Å². The fourth-order valence-corrected chi connectivity index (χ4v) is 5.59. The summed E-state index contributed by atoms with van der Waals surface area (Å²) in [4.78, 5) is 48.0. The van der Waals surface area contributed by atoms with Gasteiger partial charge in [-0.3, -0.25) is 9.59 Å². The SMILES string of the molecule is C=CCNCC(=O)N1[C@@H](NC(=O)NCc2ccccc2)CN(Cc2cccc(-c3cccnc3F)c2)C(=O)[C@@H]1Cc1ccc(O)cc1. The Bertz CT molecular complexity index is 1700. The number of nitrogens with one attached hydrogen (secondary N) is 3. The Morgan fingerprint density at radius 1 is 0.979 bits per heavy atom. The number of phenolic OH excluding ortho intramolecular Hbond substituents is 1. The molecule has 242 valence electrons. The lowest BCUT2D eigenvalue weighted by Gasteiger charge is -2.46. The van der Waals surface area contributed by atoms with Crippen molar-refractivity contribution in [2.24, 2.45) is 0 Å². The maximum Gasteiger partial charge on any atom is 0.316 e. The summed E-state index contributed by atoms with van der Waals surface area (Å²) in [6.45, 7) is 4.43. The highest BCUT2D eigenvalue weighted by Gasteiger charge is 2.43. The van der Waals surface area contributed by atoms with Crippen molar-refractivity contribution >= 4 is 17.8 Å². The standard InChI is InChI=1S/C36H37FN6O4/c1-2-17-38-22-33(45)43-31(20-25-13-15-29(44)16-14-25)35(46)42(24-32(43)41-36(47)40-21-26-8-4-3-5-9-26)23-27-10-6-11-28(19-27)30-12-7-18-39-34(30)37/h2-16,18-19,31-32,38,44H,1,17,20-24H2,(H2,40,41,47)/t31-,32+/m0/s1. The molecule has 0 bridgehead atoms. The van der Waals surface area contributed by atoms with Crippen LogP contribution in [-0.2, 0) is 29.1 Å². The van der Waals surface area contributed by atoms with Crippen LogP contribution in [0, 0.1) is 5.95 Å². The van der Waals surface area contributed by atoms with E-state index in [1.165, 1.54) is 23.2 Å². The van der Waals surface area contributed by atoms with Gasteiger partial charge in [-0.15, -0.1) is 6.58 Å². The highest BCUT2D eigenvalue weighted by Crippen LogP contribution is 2.26. The smallest absolute Gasteiger partial charge is 0.316 e. The molecule has 10 nitrogen and oxygen atoms in total. The van der Waals surface area contributed by atoms with Gasteiger partial charge in [0.05, 0.1) is 13.1 Å². The summed E-state index contributed by atoms with van der Waals surface area (Å²) < 4.78 is 14.5. The molecule has 3 aromatic carbocycles. The number of hydrogen-bond donors (Lipinski definition) is 4. The summed E-state index contributed by atoms with van der Waals surface area (Å²) >= 11 is 0. The van der Waals surface area contributed by atoms with Gasteiger partial charge in [0, 0.05) is 37.8 Å². The van der Waals surface area contributed by atoms with Crippen molar-refractivity contribution in [2.75, 3.05) is 19.6 Å². The number of carbonyl (C=O) groups excluding carboxylic acids is 3. The molecule has 1 aliphatic rings. The van der Waals surface area contributed by atoms with Crippen LogP contribution in [0.15, 0.2) is 110 Å². The zero-order valence-electron chi connectivity index (χ0n) is 25.8. The number of amides is 4. The topological polar surface area (TPSA) is 127 Å². The first-order valence-electron chi connectivity index (χ1n) is 15.3. The third kappa shape index (κ3) is 8.59. The number of urea groups is 1. The van der Waals surface area contributed by atoms with E-state index < -0.39 is 24.2 Å². The van der Waals surface area contributed by atoms with E-state index in [0.717, 1.165) is 16.7 Å². The molecule has 1 aliphatic heterocycles. The second kappa shape index (κ2) is 15.6. The van der Waals surface area contributed by atoms with Gasteiger partial charge in [-0.1, -0.05) is 66.7 Å². The Balaban J connectivity index is 1.45. The van der Waals surface area contributed by atoms with E-state index in [9.17, 15) is 23.9 Å². The number of carbonyl (C=O) groups is 3. The number of pyridine rings is 1. The molecule has 0 aliphatic carbocycles. The van der Waals surface area contributed by atoms with Crippen molar-refractivity contribution < 1.29 is 23.9 Å². The molecule has 1 fully saturated rings. The largest absolute Gasteiger partial charge is 0.508 e. The molecule has 11 heteroatoms. The van der Waals surface area contributed by atoms with Crippen LogP contribution in [0.5, 0.6) is 5.75 Å². The lowest BCUT2D eigenvalue weighted by atomic mass is 9.98. The average molecular weight is 637 g/mol. The zero-order chi connectivity index (χ0) is 33.2. The third-order valence-electron chi connectivity index (χ3n) is 7.84. The first kappa shape index (κ1) is 32.8. The molecule has 1 saturated heterocycles. The van der Waals surface area contributed by atoms with Crippen molar-refractivity contribution in [1.29, 1.82) is 0 Å². The monoisotopic (exact) mass is 636 g/mol. The molecule has 47 heavy (non-hydrogen) atoms. The lowest BCUT2D eigenvalue weighted by molar-refractivity contribution is -0.157. The van der Waals surface area contributed by atoms with Crippen molar-refractivity contribution in [3.05, 3.63) is 132 Å². The van der Waals surface area contributed by atoms with Gasteiger partial charge >= 0.3 is 6.03 Å². The summed E-state index contributed by atoms with van der Waals surface area (Å²) in [6, 6.07) is 24.9. The van der Waals surface area contributed by atoms with E-state index in [0.29, 0.717) is 17.7 Å². The first-order valence-corrected chi connectivity index (χ1v) is 15.3. The highest BCUT2D eigenvalue weighted by molar-refractivity contribution is 5.91. The highest BCUT2D eigenvalue weighted by atomic mass is 19.1. The summed E-state index contributed by atoms with van der Waals surface area (Å²) in [5.74, 6) is -1.20. The Hall–Kier alpha value is -5.55. The number of hydrogen-bond acceptors (Lipinski definition) is 6. The van der Waals surface area contributed by atoms with Gasteiger partial charge in [0.2, 0.25) is 17.8 Å². The van der Waals surface area contributed by atoms with Crippen LogP contribution >= 0.6 is 0 Å². The number of aromatic nitrogens is 1. The van der Waals surface area contributed by atoms with Gasteiger partial charge < -0.3 is 30.9 Å². The van der Waals surface area contributed by atoms with Crippen LogP contribution in [0.2, 0.25) is 0 Å². The van der Waals surface area contributed by atoms with Crippen LogP contribution in [0.3, 0.4) is 0 Å². The maximum atomic E-state index is 14.5. The summed E-state index contributed by atoms with van der Waals surface area (Å²) in [6.07, 6.45) is 2.28. The lowest BCUT2D eigenvalue weighted by Crippen LogP contribution is -2.69. The van der Waals surface area contributed by atoms with Crippen LogP contribution in [0.4, 0.5) is 9.18 Å². The Labute approximate surface area is 272 Å². The first-order chi connectivity index (χ1) is 22.8. The molecule has 5 rings (SSSR count). The van der Waals surface area contributed by atoms with Gasteiger partial charge in [0.1, 0.15) is 18.0 Å². The van der Waals surface area contributed by atoms with Gasteiger partial charge in [-0.25, -0.2) is 9.78 Å². The number of piperazine rings is 1. The molecule has 0 unspecified atom stereocenters. The predicted molar refractivity (Wildman–Crippen MR) is 176 cm³/mol. The molecule has 2 heterocycles. The quantitative estimate of drug-likeness (QED) is 0.106. The molecule has 4 N–H and O–H groups in total. The van der Waals surface area contributed by atoms with Gasteiger partial charge in [0.25, 0.3) is 0 Å². The van der Waals surface area contributed by atoms with Crippen LogP contribution in [-0.4, -0.2) is 69.6 Å². The molecule has 2 atom stereocenters. The Kier molecular flexibility index (Phi) is 10.9. The van der Waals surface area contributed by atoms with Crippen LogP contribution < -0.4 is 16.0 Å². The minimum absolute atomic E-state index is 0.0162. The molecular weight excluding hydrogens is 599 g/mol. The average Bonchev–Trinajstić information content (AvgIpc) is 3.08. The minimum atomic E-state index is -0.968. The second-order valence-corrected chi connectivity index (χ2v) is 11.2. The number of nitrogens with zero attached hydrogens (tertiary/aromatic N) is 3. The number of benzene rings is 3. The van der Waals surface area contributed by atoms with E-state index in [1.807, 2.05) is 36.4 Å². The zero-order valence-corrected chi connectivity index (χ0v) is 25.8. The molecule has 0 radical (unpaired) electrons. The van der Waals surface area contributed by atoms with Crippen molar-refractivity contribution in [2.45, 2.75) is 31.7 Å². The fourth-order valence-electron chi connectivity index (χ4n) is 5.59. The van der Waals surface area contributed by atoms with Gasteiger partial charge in [-0.2, -0.15) is 4.39 Å². The molecule has 0 spiro atoms. The van der Waals surface area contributed by atoms with Crippen LogP contribution in [0.25, 0.3) is 11.1 Å². The van der Waals surface area contributed by atoms with Gasteiger partial charge in [-0.05, 0) is 52.6 Å². The summed E-state index contributed by atoms with van der Waals surface area (Å²) in [5, 5.41) is 18.6. The molecule has 4 aromatic rings. The number of aromatic hydroxyl groups is 1. The van der Waals surface area contributed by atoms with Gasteiger partial charge in [0.15, 0.2) is 0 Å². The van der Waals surface area contributed by atoms with Crippen molar-refractivity contribution in [3.8, 4) is 16.9 Å². The molecule has 0 saturated carbocycles. The third-order valence-corrected chi connectivity index (χ3v) is 7.84. The van der Waals surface area contributed by atoms with E-state index in [1.54, 1.807) is 53.4 Å². The fraction of sp³-hybridized carbons (Fsp3) is 0.222. The molecule has 4 amide bonds. The van der Waals surface area contributed by atoms with Crippen LogP contribution in [0.1, 0.15) is 16.7 Å².